The number of pyridine rings is 1. The van der Waals surface area contributed by atoms with Gasteiger partial charge in [0.15, 0.2) is 0 Å². The van der Waals surface area contributed by atoms with Gasteiger partial charge in [0.25, 0.3) is 5.56 Å². The molecule has 0 fully saturated rings. The first-order valence-electron chi connectivity index (χ1n) is 5.10. The monoisotopic (exact) mass is 194 g/mol. The van der Waals surface area contributed by atoms with E-state index in [1.54, 1.807) is 16.8 Å². The molecule has 0 aliphatic rings. The lowest BCUT2D eigenvalue weighted by Crippen LogP contribution is -2.24. The lowest BCUT2D eigenvalue weighted by Gasteiger charge is -2.12. The molecule has 0 saturated heterocycles. The molecule has 0 saturated carbocycles. The molecule has 1 atom stereocenters. The van der Waals surface area contributed by atoms with Crippen molar-refractivity contribution in [1.82, 2.24) is 4.57 Å². The largest absolute Gasteiger partial charge is 0.394 e. The van der Waals surface area contributed by atoms with Gasteiger partial charge in [0.2, 0.25) is 0 Å². The first kappa shape index (κ1) is 10.8. The number of nitrogen functional groups attached to an aromatic ring is 1. The van der Waals surface area contributed by atoms with Gasteiger partial charge in [-0.3, -0.25) is 4.79 Å². The molecule has 2 N–H and O–H groups in total. The average Bonchev–Trinajstić information content (AvgIpc) is 2.13. The minimum absolute atomic E-state index is 0.0737. The zero-order valence-electron chi connectivity index (χ0n) is 8.86. The van der Waals surface area contributed by atoms with E-state index in [1.165, 1.54) is 0 Å². The van der Waals surface area contributed by atoms with Gasteiger partial charge in [-0.05, 0) is 24.5 Å². The highest BCUT2D eigenvalue weighted by atomic mass is 16.1. The molecule has 1 heterocycles. The molecule has 0 radical (unpaired) electrons. The van der Waals surface area contributed by atoms with Crippen LogP contribution in [0.4, 0.5) is 5.69 Å². The Morgan fingerprint density at radius 2 is 2.29 bits per heavy atom. The highest BCUT2D eigenvalue weighted by Crippen LogP contribution is 2.07. The zero-order valence-corrected chi connectivity index (χ0v) is 8.86. The van der Waals surface area contributed by atoms with Crippen molar-refractivity contribution in [3.8, 4) is 0 Å². The van der Waals surface area contributed by atoms with Gasteiger partial charge in [0.05, 0.1) is 5.69 Å². The van der Waals surface area contributed by atoms with E-state index in [9.17, 15) is 4.79 Å². The SMILES string of the molecule is CCCC(C)Cn1cccc(N)c1=O. The first-order chi connectivity index (χ1) is 6.65. The van der Waals surface area contributed by atoms with Crippen molar-refractivity contribution in [1.29, 1.82) is 0 Å². The normalized spacial score (nSPS) is 12.7. The van der Waals surface area contributed by atoms with Crippen LogP contribution in [0.5, 0.6) is 0 Å². The Bertz CT molecular complexity index is 343. The number of nitrogens with zero attached hydrogens (tertiary/aromatic N) is 1. The number of aromatic nitrogens is 1. The van der Waals surface area contributed by atoms with Gasteiger partial charge >= 0.3 is 0 Å². The van der Waals surface area contributed by atoms with Crippen LogP contribution in [0.1, 0.15) is 26.7 Å². The molecule has 0 spiro atoms. The summed E-state index contributed by atoms with van der Waals surface area (Å²) in [6, 6.07) is 3.46. The highest BCUT2D eigenvalue weighted by Gasteiger charge is 2.04. The Balaban J connectivity index is 2.77. The maximum absolute atomic E-state index is 11.5. The van der Waals surface area contributed by atoms with Crippen molar-refractivity contribution < 1.29 is 0 Å². The summed E-state index contributed by atoms with van der Waals surface area (Å²) in [6.07, 6.45) is 4.09. The summed E-state index contributed by atoms with van der Waals surface area (Å²) in [5, 5.41) is 0. The molecule has 1 unspecified atom stereocenters. The number of hydrogen-bond acceptors (Lipinski definition) is 2. The fourth-order valence-corrected chi connectivity index (χ4v) is 1.62. The van der Waals surface area contributed by atoms with Gasteiger partial charge < -0.3 is 10.3 Å². The molecule has 3 nitrogen and oxygen atoms in total. The first-order valence-corrected chi connectivity index (χ1v) is 5.10. The summed E-state index contributed by atoms with van der Waals surface area (Å²) in [5.74, 6) is 0.527. The third-order valence-corrected chi connectivity index (χ3v) is 2.34. The number of rotatable bonds is 4. The van der Waals surface area contributed by atoms with Crippen molar-refractivity contribution >= 4 is 5.69 Å². The predicted molar refractivity (Wildman–Crippen MR) is 59.2 cm³/mol. The van der Waals surface area contributed by atoms with Gasteiger partial charge in [-0.1, -0.05) is 20.3 Å². The van der Waals surface area contributed by atoms with Crippen molar-refractivity contribution in [3.05, 3.63) is 28.7 Å². The summed E-state index contributed by atoms with van der Waals surface area (Å²) in [4.78, 5) is 11.5. The second kappa shape index (κ2) is 4.84. The van der Waals surface area contributed by atoms with Crippen LogP contribution in [0.15, 0.2) is 23.1 Å². The topological polar surface area (TPSA) is 48.0 Å². The summed E-state index contributed by atoms with van der Waals surface area (Å²) in [5.41, 5.74) is 5.79. The molecule has 3 heteroatoms. The van der Waals surface area contributed by atoms with Gasteiger partial charge in [-0.25, -0.2) is 0 Å². The molecule has 0 aromatic carbocycles. The minimum Gasteiger partial charge on any atom is -0.394 e. The molecule has 0 aliphatic carbocycles. The van der Waals surface area contributed by atoms with E-state index in [1.807, 2.05) is 6.07 Å². The Kier molecular flexibility index (Phi) is 3.74. The van der Waals surface area contributed by atoms with Gasteiger partial charge in [-0.15, -0.1) is 0 Å². The third kappa shape index (κ3) is 2.62. The van der Waals surface area contributed by atoms with Crippen LogP contribution in [0.2, 0.25) is 0 Å². The minimum atomic E-state index is -0.0737. The van der Waals surface area contributed by atoms with Gasteiger partial charge in [0.1, 0.15) is 0 Å². The van der Waals surface area contributed by atoms with Gasteiger partial charge in [-0.2, -0.15) is 0 Å². The fourth-order valence-electron chi connectivity index (χ4n) is 1.62. The van der Waals surface area contributed by atoms with Crippen molar-refractivity contribution in [3.63, 3.8) is 0 Å². The summed E-state index contributed by atoms with van der Waals surface area (Å²) >= 11 is 0. The van der Waals surface area contributed by atoms with Crippen molar-refractivity contribution in [2.75, 3.05) is 5.73 Å². The molecule has 14 heavy (non-hydrogen) atoms. The Morgan fingerprint density at radius 1 is 1.57 bits per heavy atom. The molecule has 78 valence electrons. The lowest BCUT2D eigenvalue weighted by atomic mass is 10.1. The molecule has 0 bridgehead atoms. The Morgan fingerprint density at radius 3 is 2.93 bits per heavy atom. The number of hydrogen-bond donors (Lipinski definition) is 1. The number of anilines is 1. The van der Waals surface area contributed by atoms with E-state index in [0.717, 1.165) is 19.4 Å². The summed E-state index contributed by atoms with van der Waals surface area (Å²) in [7, 11) is 0. The zero-order chi connectivity index (χ0) is 10.6. The van der Waals surface area contributed by atoms with Crippen molar-refractivity contribution in [2.45, 2.75) is 33.2 Å². The molecule has 0 aliphatic heterocycles. The van der Waals surface area contributed by atoms with E-state index in [2.05, 4.69) is 13.8 Å². The van der Waals surface area contributed by atoms with Crippen LogP contribution in [0.25, 0.3) is 0 Å². The predicted octanol–water partition coefficient (Wildman–Crippen LogP) is 1.87. The molecule has 1 rings (SSSR count). The van der Waals surface area contributed by atoms with Crippen molar-refractivity contribution in [2.24, 2.45) is 5.92 Å². The van der Waals surface area contributed by atoms with Crippen LogP contribution in [-0.4, -0.2) is 4.57 Å². The molecule has 1 aromatic heterocycles. The van der Waals surface area contributed by atoms with Crippen LogP contribution in [0.3, 0.4) is 0 Å². The van der Waals surface area contributed by atoms with E-state index < -0.39 is 0 Å². The molecule has 1 aromatic rings. The van der Waals surface area contributed by atoms with Crippen LogP contribution >= 0.6 is 0 Å². The lowest BCUT2D eigenvalue weighted by molar-refractivity contribution is 0.439. The Labute approximate surface area is 84.6 Å². The van der Waals surface area contributed by atoms with E-state index in [0.29, 0.717) is 11.6 Å². The maximum Gasteiger partial charge on any atom is 0.273 e. The second-order valence-corrected chi connectivity index (χ2v) is 3.81. The van der Waals surface area contributed by atoms with Crippen LogP contribution in [0, 0.1) is 5.92 Å². The van der Waals surface area contributed by atoms with Crippen LogP contribution < -0.4 is 11.3 Å². The maximum atomic E-state index is 11.5. The second-order valence-electron chi connectivity index (χ2n) is 3.81. The Hall–Kier alpha value is -1.25. The van der Waals surface area contributed by atoms with Gasteiger partial charge in [0, 0.05) is 12.7 Å². The highest BCUT2D eigenvalue weighted by molar-refractivity contribution is 5.33. The van der Waals surface area contributed by atoms with E-state index in [-0.39, 0.29) is 5.56 Å². The smallest absolute Gasteiger partial charge is 0.273 e. The average molecular weight is 194 g/mol. The molecular weight excluding hydrogens is 176 g/mol. The number of nitrogens with two attached hydrogens (primary N) is 1. The van der Waals surface area contributed by atoms with E-state index >= 15 is 0 Å². The molecular formula is C11H18N2O. The fraction of sp³-hybridized carbons (Fsp3) is 0.545. The summed E-state index contributed by atoms with van der Waals surface area (Å²) < 4.78 is 1.69. The van der Waals surface area contributed by atoms with Crippen LogP contribution in [-0.2, 0) is 6.54 Å². The summed E-state index contributed by atoms with van der Waals surface area (Å²) in [6.45, 7) is 5.06. The quantitative estimate of drug-likeness (QED) is 0.795. The standard InChI is InChI=1S/C11H18N2O/c1-3-5-9(2)8-13-7-4-6-10(12)11(13)14/h4,6-7,9H,3,5,8,12H2,1-2H3. The van der Waals surface area contributed by atoms with E-state index in [4.69, 9.17) is 5.73 Å². The molecule has 0 amide bonds. The third-order valence-electron chi connectivity index (χ3n) is 2.34.